The molecule has 0 radical (unpaired) electrons. The highest BCUT2D eigenvalue weighted by Crippen LogP contribution is 2.35. The summed E-state index contributed by atoms with van der Waals surface area (Å²) in [7, 11) is -1.76. The van der Waals surface area contributed by atoms with Crippen LogP contribution in [0.3, 0.4) is 0 Å². The van der Waals surface area contributed by atoms with E-state index in [1.807, 2.05) is 6.92 Å². The van der Waals surface area contributed by atoms with Gasteiger partial charge in [0.15, 0.2) is 0 Å². The van der Waals surface area contributed by atoms with E-state index in [1.54, 1.807) is 56.5 Å². The van der Waals surface area contributed by atoms with Crippen molar-refractivity contribution >= 4 is 27.3 Å². The smallest absolute Gasteiger partial charge is 0.255 e. The zero-order chi connectivity index (χ0) is 18.9. The van der Waals surface area contributed by atoms with Gasteiger partial charge in [-0.15, -0.1) is 0 Å². The molecule has 3 rings (SSSR count). The lowest BCUT2D eigenvalue weighted by Gasteiger charge is -2.23. The molecule has 0 fully saturated rings. The number of carbonyl (C=O) groups is 1. The van der Waals surface area contributed by atoms with Crippen LogP contribution in [0.1, 0.15) is 29.8 Å². The van der Waals surface area contributed by atoms with Crippen LogP contribution in [0, 0.1) is 0 Å². The first-order valence-electron chi connectivity index (χ1n) is 8.46. The van der Waals surface area contributed by atoms with E-state index in [9.17, 15) is 13.2 Å². The van der Waals surface area contributed by atoms with Crippen molar-refractivity contribution in [3.05, 3.63) is 53.6 Å². The zero-order valence-corrected chi connectivity index (χ0v) is 15.8. The number of carbonyl (C=O) groups excluding carboxylic acids is 1. The Labute approximate surface area is 153 Å². The average molecular weight is 374 g/mol. The Kier molecular flexibility index (Phi) is 4.91. The monoisotopic (exact) mass is 374 g/mol. The predicted molar refractivity (Wildman–Crippen MR) is 102 cm³/mol. The maximum atomic E-state index is 12.5. The quantitative estimate of drug-likeness (QED) is 0.873. The molecule has 6 nitrogen and oxygen atoms in total. The van der Waals surface area contributed by atoms with Crippen molar-refractivity contribution < 1.29 is 17.9 Å². The number of nitrogens with zero attached hydrogens (tertiary/aromatic N) is 1. The van der Waals surface area contributed by atoms with E-state index in [0.717, 1.165) is 5.56 Å². The SMILES string of the molecule is CCS(=O)(=O)N1c2ccc(C(=O)Nc3cccc(OC)c3)cc2C[C@@H]1C. The lowest BCUT2D eigenvalue weighted by atomic mass is 10.1. The first kappa shape index (κ1) is 18.3. The normalized spacial score (nSPS) is 16.3. The number of hydrogen-bond donors (Lipinski definition) is 1. The second kappa shape index (κ2) is 6.99. The molecular formula is C19H22N2O4S. The van der Waals surface area contributed by atoms with E-state index in [-0.39, 0.29) is 17.7 Å². The van der Waals surface area contributed by atoms with E-state index < -0.39 is 10.0 Å². The maximum Gasteiger partial charge on any atom is 0.255 e. The van der Waals surface area contributed by atoms with E-state index in [2.05, 4.69) is 5.32 Å². The van der Waals surface area contributed by atoms with Crippen molar-refractivity contribution in [2.75, 3.05) is 22.5 Å². The Morgan fingerprint density at radius 1 is 1.27 bits per heavy atom. The lowest BCUT2D eigenvalue weighted by molar-refractivity contribution is 0.102. The van der Waals surface area contributed by atoms with Gasteiger partial charge < -0.3 is 10.1 Å². The van der Waals surface area contributed by atoms with Crippen LogP contribution in [-0.2, 0) is 16.4 Å². The summed E-state index contributed by atoms with van der Waals surface area (Å²) < 4.78 is 31.3. The van der Waals surface area contributed by atoms with Crippen molar-refractivity contribution in [3.63, 3.8) is 0 Å². The molecule has 26 heavy (non-hydrogen) atoms. The third-order valence-corrected chi connectivity index (χ3v) is 6.37. The van der Waals surface area contributed by atoms with Crippen molar-refractivity contribution in [1.82, 2.24) is 0 Å². The first-order valence-corrected chi connectivity index (χ1v) is 10.1. The Morgan fingerprint density at radius 3 is 2.73 bits per heavy atom. The van der Waals surface area contributed by atoms with Crippen LogP contribution in [0.5, 0.6) is 5.75 Å². The van der Waals surface area contributed by atoms with Crippen LogP contribution >= 0.6 is 0 Å². The zero-order valence-electron chi connectivity index (χ0n) is 15.0. The summed E-state index contributed by atoms with van der Waals surface area (Å²) in [5, 5.41) is 2.84. The molecule has 1 N–H and O–H groups in total. The molecule has 0 spiro atoms. The Hall–Kier alpha value is -2.54. The minimum atomic E-state index is -3.33. The molecule has 2 aromatic rings. The first-order chi connectivity index (χ1) is 12.4. The second-order valence-electron chi connectivity index (χ2n) is 6.28. The summed E-state index contributed by atoms with van der Waals surface area (Å²) in [5.74, 6) is 0.464. The van der Waals surface area contributed by atoms with Gasteiger partial charge in [0, 0.05) is 23.4 Å². The number of sulfonamides is 1. The molecule has 1 aliphatic rings. The predicted octanol–water partition coefficient (Wildman–Crippen LogP) is 3.05. The molecule has 1 aliphatic heterocycles. The topological polar surface area (TPSA) is 75.7 Å². The maximum absolute atomic E-state index is 12.5. The van der Waals surface area contributed by atoms with Crippen molar-refractivity contribution in [2.45, 2.75) is 26.3 Å². The van der Waals surface area contributed by atoms with Crippen LogP contribution in [-0.4, -0.2) is 33.2 Å². The van der Waals surface area contributed by atoms with Gasteiger partial charge in [-0.2, -0.15) is 0 Å². The number of methoxy groups -OCH3 is 1. The number of benzene rings is 2. The third kappa shape index (κ3) is 3.39. The minimum Gasteiger partial charge on any atom is -0.497 e. The number of anilines is 2. The number of amides is 1. The fourth-order valence-electron chi connectivity index (χ4n) is 3.21. The number of rotatable bonds is 5. The number of hydrogen-bond acceptors (Lipinski definition) is 4. The van der Waals surface area contributed by atoms with Gasteiger partial charge in [0.1, 0.15) is 5.75 Å². The van der Waals surface area contributed by atoms with Gasteiger partial charge in [-0.25, -0.2) is 8.42 Å². The molecule has 1 atom stereocenters. The summed E-state index contributed by atoms with van der Waals surface area (Å²) in [6.45, 7) is 3.51. The highest BCUT2D eigenvalue weighted by molar-refractivity contribution is 7.92. The number of ether oxygens (including phenoxy) is 1. The molecule has 7 heteroatoms. The Bertz CT molecular complexity index is 940. The third-order valence-electron chi connectivity index (χ3n) is 4.49. The van der Waals surface area contributed by atoms with Crippen molar-refractivity contribution in [3.8, 4) is 5.75 Å². The summed E-state index contributed by atoms with van der Waals surface area (Å²) in [4.78, 5) is 12.5. The van der Waals surface area contributed by atoms with Crippen LogP contribution < -0.4 is 14.4 Å². The molecular weight excluding hydrogens is 352 g/mol. The summed E-state index contributed by atoms with van der Waals surface area (Å²) in [6.07, 6.45) is 0.592. The molecule has 0 saturated carbocycles. The highest BCUT2D eigenvalue weighted by atomic mass is 32.2. The van der Waals surface area contributed by atoms with Crippen molar-refractivity contribution in [1.29, 1.82) is 0 Å². The highest BCUT2D eigenvalue weighted by Gasteiger charge is 2.34. The fourth-order valence-corrected chi connectivity index (χ4v) is 4.59. The van der Waals surface area contributed by atoms with Gasteiger partial charge in [-0.05, 0) is 56.2 Å². The molecule has 0 unspecified atom stereocenters. The molecule has 0 bridgehead atoms. The van der Waals surface area contributed by atoms with Gasteiger partial charge >= 0.3 is 0 Å². The van der Waals surface area contributed by atoms with Crippen LogP contribution in [0.15, 0.2) is 42.5 Å². The molecule has 0 aliphatic carbocycles. The standard InChI is InChI=1S/C19H22N2O4S/c1-4-26(23,24)21-13(2)10-15-11-14(8-9-18(15)21)19(22)20-16-6-5-7-17(12-16)25-3/h5-9,11-13H,4,10H2,1-3H3,(H,20,22)/t13-/m0/s1. The summed E-state index contributed by atoms with van der Waals surface area (Å²) in [5.41, 5.74) is 2.66. The van der Waals surface area contributed by atoms with Crippen molar-refractivity contribution in [2.24, 2.45) is 0 Å². The van der Waals surface area contributed by atoms with Gasteiger partial charge in [0.05, 0.1) is 18.6 Å². The minimum absolute atomic E-state index is 0.0505. The van der Waals surface area contributed by atoms with Gasteiger partial charge in [-0.3, -0.25) is 9.10 Å². The molecule has 138 valence electrons. The molecule has 0 aromatic heterocycles. The van der Waals surface area contributed by atoms with Crippen LogP contribution in [0.2, 0.25) is 0 Å². The van der Waals surface area contributed by atoms with E-state index in [0.29, 0.717) is 29.1 Å². The number of fused-ring (bicyclic) bond motifs is 1. The van der Waals surface area contributed by atoms with E-state index >= 15 is 0 Å². The number of nitrogens with one attached hydrogen (secondary N) is 1. The summed E-state index contributed by atoms with van der Waals surface area (Å²) in [6, 6.07) is 12.1. The lowest BCUT2D eigenvalue weighted by Crippen LogP contribution is -2.36. The van der Waals surface area contributed by atoms with Gasteiger partial charge in [-0.1, -0.05) is 6.07 Å². The molecule has 2 aromatic carbocycles. The largest absolute Gasteiger partial charge is 0.497 e. The molecule has 1 heterocycles. The average Bonchev–Trinajstić information content (AvgIpc) is 2.97. The second-order valence-corrected chi connectivity index (χ2v) is 8.41. The van der Waals surface area contributed by atoms with Gasteiger partial charge in [0.25, 0.3) is 5.91 Å². The molecule has 1 amide bonds. The van der Waals surface area contributed by atoms with Gasteiger partial charge in [0.2, 0.25) is 10.0 Å². The van der Waals surface area contributed by atoms with E-state index in [4.69, 9.17) is 4.74 Å². The molecule has 0 saturated heterocycles. The Morgan fingerprint density at radius 2 is 2.04 bits per heavy atom. The van der Waals surface area contributed by atoms with Crippen LogP contribution in [0.4, 0.5) is 11.4 Å². The fraction of sp³-hybridized carbons (Fsp3) is 0.316. The van der Waals surface area contributed by atoms with E-state index in [1.165, 1.54) is 4.31 Å². The summed E-state index contributed by atoms with van der Waals surface area (Å²) >= 11 is 0. The Balaban J connectivity index is 1.85. The van der Waals surface area contributed by atoms with Crippen LogP contribution in [0.25, 0.3) is 0 Å².